The molecule has 0 aliphatic rings. The standard InChI is InChI=1S/C14H19F3N2O2/c1-3-18-12-10(13(21)19(4-2)8-9-20)6-5-7-11(12)14(15,16)17/h5-7,18,20H,3-4,8-9H2,1-2H3. The first kappa shape index (κ1) is 17.3. The van der Waals surface area contributed by atoms with Gasteiger partial charge in [-0.05, 0) is 26.0 Å². The predicted molar refractivity (Wildman–Crippen MR) is 74.3 cm³/mol. The highest BCUT2D eigenvalue weighted by molar-refractivity contribution is 6.00. The van der Waals surface area contributed by atoms with Gasteiger partial charge in [0.05, 0.1) is 23.4 Å². The third-order valence-corrected chi connectivity index (χ3v) is 2.99. The molecule has 0 aromatic heterocycles. The van der Waals surface area contributed by atoms with Crippen molar-refractivity contribution in [2.45, 2.75) is 20.0 Å². The second-order valence-corrected chi connectivity index (χ2v) is 4.36. The summed E-state index contributed by atoms with van der Waals surface area (Å²) >= 11 is 0. The molecule has 0 aliphatic heterocycles. The summed E-state index contributed by atoms with van der Waals surface area (Å²) in [6.07, 6.45) is -4.54. The number of amides is 1. The SMILES string of the molecule is CCNc1c(C(=O)N(CC)CCO)cccc1C(F)(F)F. The van der Waals surface area contributed by atoms with Crippen LogP contribution in [-0.4, -0.2) is 42.2 Å². The Morgan fingerprint density at radius 3 is 2.48 bits per heavy atom. The highest BCUT2D eigenvalue weighted by Crippen LogP contribution is 2.37. The number of alkyl halides is 3. The number of para-hydroxylation sites is 1. The van der Waals surface area contributed by atoms with Gasteiger partial charge in [-0.25, -0.2) is 0 Å². The monoisotopic (exact) mass is 304 g/mol. The number of carbonyl (C=O) groups excluding carboxylic acids is 1. The van der Waals surface area contributed by atoms with Gasteiger partial charge >= 0.3 is 6.18 Å². The minimum Gasteiger partial charge on any atom is -0.395 e. The van der Waals surface area contributed by atoms with Gasteiger partial charge in [0, 0.05) is 19.6 Å². The van der Waals surface area contributed by atoms with Crippen molar-refractivity contribution in [3.63, 3.8) is 0 Å². The van der Waals surface area contributed by atoms with Gasteiger partial charge in [-0.3, -0.25) is 4.79 Å². The largest absolute Gasteiger partial charge is 0.418 e. The molecule has 0 saturated heterocycles. The molecule has 1 aromatic rings. The van der Waals surface area contributed by atoms with Gasteiger partial charge in [-0.15, -0.1) is 0 Å². The first-order valence-corrected chi connectivity index (χ1v) is 6.71. The summed E-state index contributed by atoms with van der Waals surface area (Å²) in [7, 11) is 0. The molecule has 7 heteroatoms. The van der Waals surface area contributed by atoms with Crippen LogP contribution in [0.4, 0.5) is 18.9 Å². The molecule has 0 fully saturated rings. The van der Waals surface area contributed by atoms with Gasteiger partial charge in [-0.2, -0.15) is 13.2 Å². The van der Waals surface area contributed by atoms with E-state index in [-0.39, 0.29) is 30.9 Å². The topological polar surface area (TPSA) is 52.6 Å². The number of likely N-dealkylation sites (N-methyl/N-ethyl adjacent to an activating group) is 1. The number of rotatable bonds is 6. The highest BCUT2D eigenvalue weighted by atomic mass is 19.4. The molecule has 0 unspecified atom stereocenters. The third-order valence-electron chi connectivity index (χ3n) is 2.99. The smallest absolute Gasteiger partial charge is 0.395 e. The fraction of sp³-hybridized carbons (Fsp3) is 0.500. The van der Waals surface area contributed by atoms with E-state index in [0.717, 1.165) is 6.07 Å². The number of hydrogen-bond donors (Lipinski definition) is 2. The van der Waals surface area contributed by atoms with Crippen LogP contribution in [0.3, 0.4) is 0 Å². The zero-order chi connectivity index (χ0) is 16.0. The maximum Gasteiger partial charge on any atom is 0.418 e. The molecule has 0 radical (unpaired) electrons. The summed E-state index contributed by atoms with van der Waals surface area (Å²) in [5.74, 6) is -0.534. The Labute approximate surface area is 121 Å². The Morgan fingerprint density at radius 2 is 2.00 bits per heavy atom. The first-order valence-electron chi connectivity index (χ1n) is 6.71. The number of anilines is 1. The van der Waals surface area contributed by atoms with Crippen molar-refractivity contribution in [2.75, 3.05) is 31.6 Å². The number of nitrogens with one attached hydrogen (secondary N) is 1. The van der Waals surface area contributed by atoms with E-state index >= 15 is 0 Å². The van der Waals surface area contributed by atoms with Crippen molar-refractivity contribution in [1.82, 2.24) is 4.90 Å². The fourth-order valence-electron chi connectivity index (χ4n) is 2.03. The molecule has 118 valence electrons. The Morgan fingerprint density at radius 1 is 1.33 bits per heavy atom. The molecule has 0 bridgehead atoms. The number of halogens is 3. The minimum absolute atomic E-state index is 0.0398. The van der Waals surface area contributed by atoms with Crippen LogP contribution in [0.15, 0.2) is 18.2 Å². The van der Waals surface area contributed by atoms with Crippen molar-refractivity contribution in [3.05, 3.63) is 29.3 Å². The van der Waals surface area contributed by atoms with Gasteiger partial charge in [-0.1, -0.05) is 6.07 Å². The van der Waals surface area contributed by atoms with E-state index in [0.29, 0.717) is 6.54 Å². The van der Waals surface area contributed by atoms with Gasteiger partial charge < -0.3 is 15.3 Å². The number of aliphatic hydroxyl groups is 1. The molecular weight excluding hydrogens is 285 g/mol. The Hall–Kier alpha value is -1.76. The number of carbonyl (C=O) groups is 1. The maximum atomic E-state index is 13.0. The van der Waals surface area contributed by atoms with E-state index in [1.54, 1.807) is 13.8 Å². The summed E-state index contributed by atoms with van der Waals surface area (Å²) in [6.45, 7) is 3.77. The zero-order valence-electron chi connectivity index (χ0n) is 12.0. The Kier molecular flexibility index (Phi) is 6.02. The molecule has 0 aliphatic carbocycles. The van der Waals surface area contributed by atoms with E-state index in [1.165, 1.54) is 17.0 Å². The molecule has 1 aromatic carbocycles. The molecule has 21 heavy (non-hydrogen) atoms. The molecule has 0 saturated carbocycles. The molecule has 0 heterocycles. The van der Waals surface area contributed by atoms with Crippen LogP contribution in [0.25, 0.3) is 0 Å². The molecule has 1 amide bonds. The average Bonchev–Trinajstić information content (AvgIpc) is 2.43. The molecular formula is C14H19F3N2O2. The molecule has 1 rings (SSSR count). The van der Waals surface area contributed by atoms with Gasteiger partial charge in [0.2, 0.25) is 0 Å². The lowest BCUT2D eigenvalue weighted by atomic mass is 10.0. The van der Waals surface area contributed by atoms with Gasteiger partial charge in [0.1, 0.15) is 0 Å². The number of nitrogens with zero attached hydrogens (tertiary/aromatic N) is 1. The van der Waals surface area contributed by atoms with Gasteiger partial charge in [0.25, 0.3) is 5.91 Å². The molecule has 2 N–H and O–H groups in total. The van der Waals surface area contributed by atoms with Crippen LogP contribution in [-0.2, 0) is 6.18 Å². The van der Waals surface area contributed by atoms with E-state index in [9.17, 15) is 18.0 Å². The minimum atomic E-state index is -4.54. The number of hydrogen-bond acceptors (Lipinski definition) is 3. The van der Waals surface area contributed by atoms with Crippen molar-refractivity contribution in [3.8, 4) is 0 Å². The van der Waals surface area contributed by atoms with Gasteiger partial charge in [0.15, 0.2) is 0 Å². The summed E-state index contributed by atoms with van der Waals surface area (Å²) in [5, 5.41) is 11.6. The van der Waals surface area contributed by atoms with Crippen LogP contribution in [0, 0.1) is 0 Å². The quantitative estimate of drug-likeness (QED) is 0.849. The Balaban J connectivity index is 3.31. The fourth-order valence-corrected chi connectivity index (χ4v) is 2.03. The van der Waals surface area contributed by atoms with Crippen molar-refractivity contribution in [1.29, 1.82) is 0 Å². The van der Waals surface area contributed by atoms with Crippen molar-refractivity contribution < 1.29 is 23.1 Å². The normalized spacial score (nSPS) is 11.3. The third kappa shape index (κ3) is 4.10. The number of aliphatic hydroxyl groups excluding tert-OH is 1. The number of benzene rings is 1. The van der Waals surface area contributed by atoms with Crippen LogP contribution >= 0.6 is 0 Å². The van der Waals surface area contributed by atoms with Crippen molar-refractivity contribution in [2.24, 2.45) is 0 Å². The van der Waals surface area contributed by atoms with Crippen molar-refractivity contribution >= 4 is 11.6 Å². The lowest BCUT2D eigenvalue weighted by molar-refractivity contribution is -0.137. The molecule has 4 nitrogen and oxygen atoms in total. The van der Waals surface area contributed by atoms with E-state index in [1.807, 2.05) is 0 Å². The second kappa shape index (κ2) is 7.31. The van der Waals surface area contributed by atoms with Crippen LogP contribution in [0.5, 0.6) is 0 Å². The molecule has 0 spiro atoms. The lowest BCUT2D eigenvalue weighted by Crippen LogP contribution is -2.34. The van der Waals surface area contributed by atoms with Crippen LogP contribution in [0.2, 0.25) is 0 Å². The van der Waals surface area contributed by atoms with Crippen LogP contribution < -0.4 is 5.32 Å². The zero-order valence-corrected chi connectivity index (χ0v) is 12.0. The Bertz CT molecular complexity index is 490. The maximum absolute atomic E-state index is 13.0. The lowest BCUT2D eigenvalue weighted by Gasteiger charge is -2.23. The van der Waals surface area contributed by atoms with E-state index in [2.05, 4.69) is 5.32 Å². The van der Waals surface area contributed by atoms with E-state index < -0.39 is 17.6 Å². The van der Waals surface area contributed by atoms with E-state index in [4.69, 9.17) is 5.11 Å². The summed E-state index contributed by atoms with van der Waals surface area (Å²) in [6, 6.07) is 3.51. The summed E-state index contributed by atoms with van der Waals surface area (Å²) < 4.78 is 39.1. The van der Waals surface area contributed by atoms with Crippen LogP contribution in [0.1, 0.15) is 29.8 Å². The molecule has 0 atom stereocenters. The predicted octanol–water partition coefficient (Wildman–Crippen LogP) is 2.59. The second-order valence-electron chi connectivity index (χ2n) is 4.36. The highest BCUT2D eigenvalue weighted by Gasteiger charge is 2.35. The average molecular weight is 304 g/mol. The summed E-state index contributed by atoms with van der Waals surface area (Å²) in [5.41, 5.74) is -1.12. The summed E-state index contributed by atoms with van der Waals surface area (Å²) in [4.78, 5) is 13.7. The first-order chi connectivity index (χ1) is 9.86.